The van der Waals surface area contributed by atoms with Crippen molar-refractivity contribution in [3.63, 3.8) is 0 Å². The van der Waals surface area contributed by atoms with Gasteiger partial charge in [0, 0.05) is 4.83 Å². The molecule has 0 nitrogen and oxygen atoms in total. The van der Waals surface area contributed by atoms with Crippen molar-refractivity contribution < 1.29 is 0 Å². The Hall–Kier alpha value is -0.300. The first-order chi connectivity index (χ1) is 8.75. The molecule has 0 spiro atoms. The molecule has 1 aliphatic carbocycles. The van der Waals surface area contributed by atoms with Gasteiger partial charge in [0.1, 0.15) is 0 Å². The van der Waals surface area contributed by atoms with E-state index in [0.29, 0.717) is 10.2 Å². The van der Waals surface area contributed by atoms with E-state index in [0.717, 1.165) is 5.92 Å². The Morgan fingerprint density at radius 2 is 1.63 bits per heavy atom. The Bertz CT molecular complexity index is 459. The maximum atomic E-state index is 4.06. The minimum absolute atomic E-state index is 0.463. The van der Waals surface area contributed by atoms with Crippen LogP contribution in [0.2, 0.25) is 0 Å². The Kier molecular flexibility index (Phi) is 4.16. The first kappa shape index (κ1) is 15.1. The fourth-order valence-electron chi connectivity index (χ4n) is 3.76. The van der Waals surface area contributed by atoms with E-state index in [1.807, 2.05) is 0 Å². The molecule has 1 aromatic rings. The SMILES string of the molecule is Cc1cc(C)c(C)c(C(Br)C2CCCC2(C)C)c1C. The molecule has 1 saturated carbocycles. The summed E-state index contributed by atoms with van der Waals surface area (Å²) in [5.74, 6) is 0.756. The highest BCUT2D eigenvalue weighted by Crippen LogP contribution is 2.53. The molecule has 0 saturated heterocycles. The molecule has 1 heteroatoms. The van der Waals surface area contributed by atoms with E-state index in [9.17, 15) is 0 Å². The van der Waals surface area contributed by atoms with Gasteiger partial charge in [-0.1, -0.05) is 42.3 Å². The van der Waals surface area contributed by atoms with Gasteiger partial charge in [0.2, 0.25) is 0 Å². The van der Waals surface area contributed by atoms with E-state index in [1.54, 1.807) is 5.56 Å². The van der Waals surface area contributed by atoms with E-state index in [4.69, 9.17) is 0 Å². The van der Waals surface area contributed by atoms with Crippen molar-refractivity contribution >= 4 is 15.9 Å². The standard InChI is InChI=1S/C18H27Br/c1-11-10-12(2)14(4)16(13(11)3)17(19)15-8-7-9-18(15,5)6/h10,15,17H,7-9H2,1-6H3. The van der Waals surface area contributed by atoms with Gasteiger partial charge in [-0.25, -0.2) is 0 Å². The average Bonchev–Trinajstić information content (AvgIpc) is 2.66. The average molecular weight is 323 g/mol. The first-order valence-corrected chi connectivity index (χ1v) is 8.38. The quantitative estimate of drug-likeness (QED) is 0.570. The van der Waals surface area contributed by atoms with Gasteiger partial charge < -0.3 is 0 Å². The fraction of sp³-hybridized carbons (Fsp3) is 0.667. The number of aryl methyl sites for hydroxylation is 2. The van der Waals surface area contributed by atoms with Gasteiger partial charge in [-0.15, -0.1) is 0 Å². The zero-order chi connectivity index (χ0) is 14.4. The molecule has 2 atom stereocenters. The fourth-order valence-corrected chi connectivity index (χ4v) is 5.43. The summed E-state index contributed by atoms with van der Waals surface area (Å²) in [7, 11) is 0. The summed E-state index contributed by atoms with van der Waals surface area (Å²) in [5.41, 5.74) is 7.83. The summed E-state index contributed by atoms with van der Waals surface area (Å²) in [4.78, 5) is 0.503. The van der Waals surface area contributed by atoms with Crippen molar-refractivity contribution in [1.29, 1.82) is 0 Å². The van der Waals surface area contributed by atoms with E-state index < -0.39 is 0 Å². The van der Waals surface area contributed by atoms with Crippen molar-refractivity contribution in [2.24, 2.45) is 11.3 Å². The number of halogens is 1. The molecule has 0 aromatic heterocycles. The van der Waals surface area contributed by atoms with Gasteiger partial charge in [0.05, 0.1) is 0 Å². The van der Waals surface area contributed by atoms with Crippen LogP contribution in [0, 0.1) is 39.0 Å². The van der Waals surface area contributed by atoms with Crippen LogP contribution in [0.5, 0.6) is 0 Å². The van der Waals surface area contributed by atoms with Crippen LogP contribution in [0.3, 0.4) is 0 Å². The Morgan fingerprint density at radius 3 is 2.05 bits per heavy atom. The molecular formula is C18H27Br. The van der Waals surface area contributed by atoms with Crippen LogP contribution < -0.4 is 0 Å². The van der Waals surface area contributed by atoms with Crippen LogP contribution in [0.4, 0.5) is 0 Å². The smallest absolute Gasteiger partial charge is 0.0434 e. The summed E-state index contributed by atoms with van der Waals surface area (Å²) in [6, 6.07) is 2.33. The molecule has 0 radical (unpaired) electrons. The summed E-state index contributed by atoms with van der Waals surface area (Å²) < 4.78 is 0. The van der Waals surface area contributed by atoms with Crippen molar-refractivity contribution in [2.75, 3.05) is 0 Å². The van der Waals surface area contributed by atoms with Crippen LogP contribution in [-0.2, 0) is 0 Å². The van der Waals surface area contributed by atoms with E-state index in [1.165, 1.54) is 41.5 Å². The summed E-state index contributed by atoms with van der Waals surface area (Å²) in [5, 5.41) is 0. The van der Waals surface area contributed by atoms with Gasteiger partial charge in [-0.05, 0) is 79.7 Å². The van der Waals surface area contributed by atoms with E-state index in [2.05, 4.69) is 63.5 Å². The Balaban J connectivity index is 2.47. The summed E-state index contributed by atoms with van der Waals surface area (Å²) >= 11 is 4.06. The van der Waals surface area contributed by atoms with Gasteiger partial charge in [0.15, 0.2) is 0 Å². The van der Waals surface area contributed by atoms with E-state index in [-0.39, 0.29) is 0 Å². The second-order valence-corrected chi connectivity index (χ2v) is 8.05. The third kappa shape index (κ3) is 2.63. The van der Waals surface area contributed by atoms with Gasteiger partial charge >= 0.3 is 0 Å². The van der Waals surface area contributed by atoms with Crippen LogP contribution in [0.15, 0.2) is 6.07 Å². The lowest BCUT2D eigenvalue weighted by Crippen LogP contribution is -2.22. The molecule has 0 bridgehead atoms. The van der Waals surface area contributed by atoms with Crippen LogP contribution in [0.1, 0.15) is 65.8 Å². The normalized spacial score (nSPS) is 23.6. The Labute approximate surface area is 127 Å². The van der Waals surface area contributed by atoms with Gasteiger partial charge in [-0.2, -0.15) is 0 Å². The number of hydrogen-bond acceptors (Lipinski definition) is 0. The molecule has 0 amide bonds. The lowest BCUT2D eigenvalue weighted by Gasteiger charge is -2.33. The zero-order valence-corrected chi connectivity index (χ0v) is 14.8. The van der Waals surface area contributed by atoms with Crippen LogP contribution >= 0.6 is 15.9 Å². The lowest BCUT2D eigenvalue weighted by molar-refractivity contribution is 0.256. The third-order valence-corrected chi connectivity index (χ3v) is 6.49. The zero-order valence-electron chi connectivity index (χ0n) is 13.2. The largest absolute Gasteiger partial charge is 0.0835 e. The van der Waals surface area contributed by atoms with Crippen molar-refractivity contribution in [1.82, 2.24) is 0 Å². The molecule has 106 valence electrons. The number of benzene rings is 1. The molecule has 2 rings (SSSR count). The minimum atomic E-state index is 0.463. The highest BCUT2D eigenvalue weighted by Gasteiger charge is 2.40. The molecule has 19 heavy (non-hydrogen) atoms. The topological polar surface area (TPSA) is 0 Å². The second kappa shape index (κ2) is 5.24. The van der Waals surface area contributed by atoms with Crippen LogP contribution in [-0.4, -0.2) is 0 Å². The molecule has 2 unspecified atom stereocenters. The van der Waals surface area contributed by atoms with Crippen molar-refractivity contribution in [2.45, 2.75) is 65.6 Å². The molecule has 1 aliphatic rings. The van der Waals surface area contributed by atoms with Crippen molar-refractivity contribution in [3.05, 3.63) is 33.9 Å². The number of hydrogen-bond donors (Lipinski definition) is 0. The first-order valence-electron chi connectivity index (χ1n) is 7.47. The summed E-state index contributed by atoms with van der Waals surface area (Å²) in [6.07, 6.45) is 4.10. The second-order valence-electron chi connectivity index (χ2n) is 7.06. The van der Waals surface area contributed by atoms with Gasteiger partial charge in [0.25, 0.3) is 0 Å². The highest BCUT2D eigenvalue weighted by atomic mass is 79.9. The van der Waals surface area contributed by atoms with Crippen molar-refractivity contribution in [3.8, 4) is 0 Å². The third-order valence-electron chi connectivity index (χ3n) is 5.39. The molecular weight excluding hydrogens is 296 g/mol. The molecule has 0 heterocycles. The maximum Gasteiger partial charge on any atom is 0.0434 e. The van der Waals surface area contributed by atoms with Gasteiger partial charge in [-0.3, -0.25) is 0 Å². The monoisotopic (exact) mass is 322 g/mol. The minimum Gasteiger partial charge on any atom is -0.0835 e. The summed E-state index contributed by atoms with van der Waals surface area (Å²) in [6.45, 7) is 13.9. The lowest BCUT2D eigenvalue weighted by atomic mass is 9.76. The molecule has 0 aliphatic heterocycles. The highest BCUT2D eigenvalue weighted by molar-refractivity contribution is 9.09. The Morgan fingerprint density at radius 1 is 1.11 bits per heavy atom. The van der Waals surface area contributed by atoms with E-state index >= 15 is 0 Å². The number of rotatable bonds is 2. The maximum absolute atomic E-state index is 4.06. The molecule has 1 fully saturated rings. The molecule has 1 aromatic carbocycles. The van der Waals surface area contributed by atoms with Crippen LogP contribution in [0.25, 0.3) is 0 Å². The predicted molar refractivity (Wildman–Crippen MR) is 88.2 cm³/mol. The number of alkyl halides is 1. The predicted octanol–water partition coefficient (Wildman–Crippen LogP) is 6.18. The molecule has 0 N–H and O–H groups in total.